The summed E-state index contributed by atoms with van der Waals surface area (Å²) in [5, 5.41) is 6.49. The van der Waals surface area contributed by atoms with Gasteiger partial charge in [-0.25, -0.2) is 9.59 Å². The second-order valence-corrected chi connectivity index (χ2v) is 4.91. The van der Waals surface area contributed by atoms with Gasteiger partial charge in [0.05, 0.1) is 17.7 Å². The van der Waals surface area contributed by atoms with Crippen molar-refractivity contribution in [3.8, 4) is 0 Å². The third kappa shape index (κ3) is 3.16. The molecule has 120 valence electrons. The number of benzene rings is 1. The number of esters is 1. The van der Waals surface area contributed by atoms with Gasteiger partial charge in [-0.2, -0.15) is 9.78 Å². The standard InChI is InChI=1S/C14H13ClN4O4/c1-7-10(13(21)23-2)18-19(14(16)22)11(7)17-12(20)8-5-3-4-6-9(8)15/h3-6H,1-2H3,(H2,16,22)(H,17,20). The fourth-order valence-corrected chi connectivity index (χ4v) is 2.13. The lowest BCUT2D eigenvalue weighted by atomic mass is 10.2. The summed E-state index contributed by atoms with van der Waals surface area (Å²) in [6, 6.07) is 5.41. The van der Waals surface area contributed by atoms with Crippen LogP contribution in [0.15, 0.2) is 24.3 Å². The molecule has 0 fully saturated rings. The summed E-state index contributed by atoms with van der Waals surface area (Å²) in [6.45, 7) is 1.50. The number of primary amides is 1. The Kier molecular flexibility index (Phi) is 4.65. The molecular weight excluding hydrogens is 324 g/mol. The van der Waals surface area contributed by atoms with E-state index in [1.165, 1.54) is 20.1 Å². The van der Waals surface area contributed by atoms with Crippen LogP contribution in [0.4, 0.5) is 10.6 Å². The topological polar surface area (TPSA) is 116 Å². The highest BCUT2D eigenvalue weighted by molar-refractivity contribution is 6.34. The van der Waals surface area contributed by atoms with Crippen molar-refractivity contribution >= 4 is 35.3 Å². The van der Waals surface area contributed by atoms with Gasteiger partial charge in [0.1, 0.15) is 5.82 Å². The molecule has 2 amide bonds. The van der Waals surface area contributed by atoms with E-state index in [0.29, 0.717) is 0 Å². The van der Waals surface area contributed by atoms with Crippen molar-refractivity contribution in [1.82, 2.24) is 9.78 Å². The summed E-state index contributed by atoms with van der Waals surface area (Å²) >= 11 is 5.96. The Morgan fingerprint density at radius 3 is 2.52 bits per heavy atom. The molecule has 1 aromatic heterocycles. The monoisotopic (exact) mass is 336 g/mol. The number of amides is 2. The van der Waals surface area contributed by atoms with Gasteiger partial charge in [0.25, 0.3) is 5.91 Å². The molecule has 0 unspecified atom stereocenters. The molecule has 8 nitrogen and oxygen atoms in total. The summed E-state index contributed by atoms with van der Waals surface area (Å²) in [5.41, 5.74) is 5.54. The highest BCUT2D eigenvalue weighted by Gasteiger charge is 2.24. The average molecular weight is 337 g/mol. The summed E-state index contributed by atoms with van der Waals surface area (Å²) in [4.78, 5) is 35.4. The van der Waals surface area contributed by atoms with Crippen LogP contribution in [0.25, 0.3) is 0 Å². The number of carbonyl (C=O) groups excluding carboxylic acids is 3. The van der Waals surface area contributed by atoms with Crippen LogP contribution in [-0.2, 0) is 4.74 Å². The van der Waals surface area contributed by atoms with Gasteiger partial charge < -0.3 is 15.8 Å². The molecule has 0 saturated heterocycles. The molecule has 1 aromatic carbocycles. The second kappa shape index (κ2) is 6.49. The maximum Gasteiger partial charge on any atom is 0.358 e. The zero-order valence-corrected chi connectivity index (χ0v) is 13.0. The predicted octanol–water partition coefficient (Wildman–Crippen LogP) is 1.81. The van der Waals surface area contributed by atoms with Crippen LogP contribution in [0, 0.1) is 6.92 Å². The number of ether oxygens (including phenoxy) is 1. The van der Waals surface area contributed by atoms with Gasteiger partial charge in [-0.1, -0.05) is 23.7 Å². The maximum atomic E-state index is 12.3. The Bertz CT molecular complexity index is 800. The van der Waals surface area contributed by atoms with Gasteiger partial charge in [0.2, 0.25) is 0 Å². The number of rotatable bonds is 3. The quantitative estimate of drug-likeness (QED) is 0.829. The third-order valence-corrected chi connectivity index (χ3v) is 3.39. The molecule has 0 aliphatic rings. The fourth-order valence-electron chi connectivity index (χ4n) is 1.91. The molecular formula is C14H13ClN4O4. The van der Waals surface area contributed by atoms with Gasteiger partial charge in [0.15, 0.2) is 5.69 Å². The predicted molar refractivity (Wildman–Crippen MR) is 82.7 cm³/mol. The summed E-state index contributed by atoms with van der Waals surface area (Å²) in [5.74, 6) is -1.35. The number of halogens is 1. The highest BCUT2D eigenvalue weighted by atomic mass is 35.5. The van der Waals surface area contributed by atoms with Crippen molar-refractivity contribution in [2.75, 3.05) is 12.4 Å². The lowest BCUT2D eigenvalue weighted by Crippen LogP contribution is -2.25. The average Bonchev–Trinajstić information content (AvgIpc) is 2.84. The van der Waals surface area contributed by atoms with Crippen LogP contribution in [0.2, 0.25) is 5.02 Å². The van der Waals surface area contributed by atoms with E-state index in [1.807, 2.05) is 0 Å². The molecule has 2 aromatic rings. The van der Waals surface area contributed by atoms with E-state index < -0.39 is 17.9 Å². The summed E-state index contributed by atoms with van der Waals surface area (Å²) < 4.78 is 5.29. The number of hydrogen-bond acceptors (Lipinski definition) is 5. The van der Waals surface area contributed by atoms with Crippen molar-refractivity contribution in [3.05, 3.63) is 46.1 Å². The van der Waals surface area contributed by atoms with E-state index in [0.717, 1.165) is 4.68 Å². The van der Waals surface area contributed by atoms with Crippen LogP contribution < -0.4 is 11.1 Å². The third-order valence-electron chi connectivity index (χ3n) is 3.06. The van der Waals surface area contributed by atoms with Gasteiger partial charge in [-0.3, -0.25) is 4.79 Å². The smallest absolute Gasteiger partial charge is 0.358 e. The number of aromatic nitrogens is 2. The maximum absolute atomic E-state index is 12.3. The molecule has 0 spiro atoms. The van der Waals surface area contributed by atoms with Gasteiger partial charge >= 0.3 is 12.0 Å². The largest absolute Gasteiger partial charge is 0.464 e. The van der Waals surface area contributed by atoms with Crippen molar-refractivity contribution in [1.29, 1.82) is 0 Å². The van der Waals surface area contributed by atoms with Crippen LogP contribution in [0.1, 0.15) is 26.4 Å². The molecule has 9 heteroatoms. The van der Waals surface area contributed by atoms with Gasteiger partial charge in [-0.15, -0.1) is 0 Å². The summed E-state index contributed by atoms with van der Waals surface area (Å²) in [6.07, 6.45) is 0. The molecule has 0 bridgehead atoms. The first-order valence-corrected chi connectivity index (χ1v) is 6.78. The molecule has 0 aliphatic carbocycles. The highest BCUT2D eigenvalue weighted by Crippen LogP contribution is 2.22. The minimum atomic E-state index is -0.960. The zero-order chi connectivity index (χ0) is 17.1. The number of nitrogens with two attached hydrogens (primary N) is 1. The van der Waals surface area contributed by atoms with Gasteiger partial charge in [-0.05, 0) is 19.1 Å². The minimum absolute atomic E-state index is 0.0252. The number of nitrogens with one attached hydrogen (secondary N) is 1. The van der Waals surface area contributed by atoms with E-state index >= 15 is 0 Å². The molecule has 23 heavy (non-hydrogen) atoms. The molecule has 1 heterocycles. The van der Waals surface area contributed by atoms with Crippen molar-refractivity contribution in [3.63, 3.8) is 0 Å². The Morgan fingerprint density at radius 2 is 1.96 bits per heavy atom. The Balaban J connectivity index is 2.45. The molecule has 3 N–H and O–H groups in total. The first-order chi connectivity index (χ1) is 10.9. The minimum Gasteiger partial charge on any atom is -0.464 e. The number of anilines is 1. The van der Waals surface area contributed by atoms with Crippen LogP contribution >= 0.6 is 11.6 Å². The second-order valence-electron chi connectivity index (χ2n) is 4.50. The first-order valence-electron chi connectivity index (χ1n) is 6.40. The summed E-state index contributed by atoms with van der Waals surface area (Å²) in [7, 11) is 1.17. The Labute approximate surface area is 136 Å². The molecule has 0 saturated carbocycles. The molecule has 0 aliphatic heterocycles. The van der Waals surface area contributed by atoms with Crippen molar-refractivity contribution in [2.24, 2.45) is 5.73 Å². The molecule has 2 rings (SSSR count). The normalized spacial score (nSPS) is 10.2. The fraction of sp³-hybridized carbons (Fsp3) is 0.143. The SMILES string of the molecule is COC(=O)c1nn(C(N)=O)c(NC(=O)c2ccccc2Cl)c1C. The Morgan fingerprint density at radius 1 is 1.30 bits per heavy atom. The number of nitrogens with zero attached hydrogens (tertiary/aromatic N) is 2. The van der Waals surface area contributed by atoms with Gasteiger partial charge in [0, 0.05) is 5.56 Å². The number of hydrogen-bond donors (Lipinski definition) is 2. The number of methoxy groups -OCH3 is 1. The van der Waals surface area contributed by atoms with Crippen LogP contribution in [0.5, 0.6) is 0 Å². The molecule has 0 atom stereocenters. The van der Waals surface area contributed by atoms with Crippen molar-refractivity contribution in [2.45, 2.75) is 6.92 Å². The first kappa shape index (κ1) is 16.5. The van der Waals surface area contributed by atoms with E-state index in [-0.39, 0.29) is 27.7 Å². The lowest BCUT2D eigenvalue weighted by molar-refractivity contribution is 0.0592. The Hall–Kier alpha value is -2.87. The lowest BCUT2D eigenvalue weighted by Gasteiger charge is -2.08. The zero-order valence-electron chi connectivity index (χ0n) is 12.3. The van der Waals surface area contributed by atoms with Crippen LogP contribution in [-0.4, -0.2) is 34.8 Å². The molecule has 0 radical (unpaired) electrons. The van der Waals surface area contributed by atoms with E-state index in [1.54, 1.807) is 18.2 Å². The number of carbonyl (C=O) groups is 3. The van der Waals surface area contributed by atoms with Crippen molar-refractivity contribution < 1.29 is 19.1 Å². The van der Waals surface area contributed by atoms with E-state index in [4.69, 9.17) is 17.3 Å². The van der Waals surface area contributed by atoms with Crippen LogP contribution in [0.3, 0.4) is 0 Å². The van der Waals surface area contributed by atoms with E-state index in [9.17, 15) is 14.4 Å². The van der Waals surface area contributed by atoms with E-state index in [2.05, 4.69) is 15.2 Å².